The Morgan fingerprint density at radius 3 is 2.20 bits per heavy atom. The van der Waals surface area contributed by atoms with E-state index in [1.807, 2.05) is 93.0 Å². The fourth-order valence-corrected chi connectivity index (χ4v) is 6.04. The van der Waals surface area contributed by atoms with Gasteiger partial charge in [0.25, 0.3) is 0 Å². The first kappa shape index (κ1) is 35.0. The number of carbonyl (C=O) groups is 4. The first-order chi connectivity index (χ1) is 23.4. The molecule has 0 unspecified atom stereocenters. The summed E-state index contributed by atoms with van der Waals surface area (Å²) in [7, 11) is 0. The minimum atomic E-state index is -0.856. The summed E-state index contributed by atoms with van der Waals surface area (Å²) in [6.45, 7) is 10.6. The molecule has 0 saturated heterocycles. The molecule has 4 aromatic rings. The molecule has 2 aromatic heterocycles. The van der Waals surface area contributed by atoms with E-state index in [0.29, 0.717) is 23.8 Å². The molecule has 3 heterocycles. The van der Waals surface area contributed by atoms with Gasteiger partial charge in [0.2, 0.25) is 23.6 Å². The zero-order valence-corrected chi connectivity index (χ0v) is 28.9. The van der Waals surface area contributed by atoms with E-state index in [2.05, 4.69) is 26.0 Å². The van der Waals surface area contributed by atoms with Gasteiger partial charge in [-0.2, -0.15) is 10.2 Å². The second-order valence-electron chi connectivity index (χ2n) is 13.0. The van der Waals surface area contributed by atoms with Gasteiger partial charge in [0.05, 0.1) is 30.4 Å². The summed E-state index contributed by atoms with van der Waals surface area (Å²) in [6.07, 6.45) is 0.395. The maximum atomic E-state index is 14.2. The van der Waals surface area contributed by atoms with Crippen LogP contribution < -0.4 is 16.0 Å². The summed E-state index contributed by atoms with van der Waals surface area (Å²) in [6, 6.07) is 17.3. The van der Waals surface area contributed by atoms with E-state index < -0.39 is 35.8 Å². The van der Waals surface area contributed by atoms with Crippen LogP contribution in [-0.4, -0.2) is 78.2 Å². The van der Waals surface area contributed by atoms with Crippen molar-refractivity contribution in [2.24, 2.45) is 5.92 Å². The molecule has 5 rings (SSSR count). The molecule has 4 amide bonds. The van der Waals surface area contributed by atoms with E-state index in [4.69, 9.17) is 5.10 Å². The van der Waals surface area contributed by atoms with Crippen LogP contribution >= 0.6 is 0 Å². The Bertz CT molecular complexity index is 1800. The van der Waals surface area contributed by atoms with Gasteiger partial charge >= 0.3 is 0 Å². The van der Waals surface area contributed by atoms with Crippen molar-refractivity contribution in [1.29, 1.82) is 0 Å². The van der Waals surface area contributed by atoms with Crippen LogP contribution in [0.1, 0.15) is 61.0 Å². The Kier molecular flexibility index (Phi) is 10.9. The summed E-state index contributed by atoms with van der Waals surface area (Å²) in [5.74, 6) is -0.767. The van der Waals surface area contributed by atoms with E-state index in [9.17, 15) is 19.2 Å². The molecule has 49 heavy (non-hydrogen) atoms. The predicted octanol–water partition coefficient (Wildman–Crippen LogP) is 2.52. The second-order valence-corrected chi connectivity index (χ2v) is 13.0. The van der Waals surface area contributed by atoms with Crippen molar-refractivity contribution in [2.45, 2.75) is 79.1 Å². The monoisotopic (exact) mass is 667 g/mol. The number of nitrogens with one attached hydrogen (secondary N) is 3. The molecule has 1 aliphatic rings. The Morgan fingerprint density at radius 1 is 0.878 bits per heavy atom. The predicted molar refractivity (Wildman–Crippen MR) is 183 cm³/mol. The molecule has 0 fully saturated rings. The Balaban J connectivity index is 1.50. The second kappa shape index (κ2) is 15.3. The Morgan fingerprint density at radius 2 is 1.53 bits per heavy atom. The van der Waals surface area contributed by atoms with Crippen molar-refractivity contribution in [2.75, 3.05) is 13.1 Å². The molecule has 0 spiro atoms. The highest BCUT2D eigenvalue weighted by Crippen LogP contribution is 2.21. The lowest BCUT2D eigenvalue weighted by Crippen LogP contribution is -2.54. The van der Waals surface area contributed by atoms with Crippen molar-refractivity contribution in [3.05, 3.63) is 94.8 Å². The smallest absolute Gasteiger partial charge is 0.242 e. The van der Waals surface area contributed by atoms with E-state index >= 15 is 0 Å². The van der Waals surface area contributed by atoms with Gasteiger partial charge in [0, 0.05) is 23.8 Å². The highest BCUT2D eigenvalue weighted by atomic mass is 16.2. The first-order valence-electron chi connectivity index (χ1n) is 16.6. The Labute approximate surface area is 286 Å². The van der Waals surface area contributed by atoms with E-state index in [1.165, 1.54) is 9.58 Å². The zero-order valence-electron chi connectivity index (χ0n) is 28.9. The van der Waals surface area contributed by atoms with Crippen LogP contribution in [0.4, 0.5) is 0 Å². The number of rotatable bonds is 6. The molecular formula is C36H45N9O4. The normalized spacial score (nSPS) is 19.4. The van der Waals surface area contributed by atoms with Crippen LogP contribution in [0.3, 0.4) is 0 Å². The Hall–Kier alpha value is -5.33. The highest BCUT2D eigenvalue weighted by molar-refractivity contribution is 5.88. The van der Waals surface area contributed by atoms with Crippen LogP contribution in [0.5, 0.6) is 0 Å². The van der Waals surface area contributed by atoms with Gasteiger partial charge in [-0.05, 0) is 57.7 Å². The van der Waals surface area contributed by atoms with E-state index in [1.54, 1.807) is 13.8 Å². The van der Waals surface area contributed by atoms with Gasteiger partial charge in [0.15, 0.2) is 5.82 Å². The summed E-state index contributed by atoms with van der Waals surface area (Å²) in [5.41, 5.74) is 4.15. The minimum Gasteiger partial charge on any atom is -0.350 e. The third-order valence-corrected chi connectivity index (χ3v) is 8.81. The molecule has 13 nitrogen and oxygen atoms in total. The van der Waals surface area contributed by atoms with Crippen LogP contribution in [0.2, 0.25) is 0 Å². The molecule has 3 N–H and O–H groups in total. The SMILES string of the molecule is Cc1nc2n(n1)CC(=O)N[C@H](C)C(=O)N[C@@H](C(C)C)CN(C(=O)Cc1c(C)nn(-c3ccccc3)c1C)CC(=O)N[C@H]2Cc1ccccc1. The number of para-hydroxylation sites is 1. The molecule has 13 heteroatoms. The number of benzene rings is 2. The number of aryl methyl sites for hydroxylation is 2. The fourth-order valence-electron chi connectivity index (χ4n) is 6.04. The maximum absolute atomic E-state index is 14.2. The largest absolute Gasteiger partial charge is 0.350 e. The molecule has 0 aliphatic carbocycles. The van der Waals surface area contributed by atoms with Crippen molar-refractivity contribution < 1.29 is 19.2 Å². The van der Waals surface area contributed by atoms with Gasteiger partial charge in [-0.15, -0.1) is 0 Å². The molecule has 1 aliphatic heterocycles. The lowest BCUT2D eigenvalue weighted by atomic mass is 10.0. The number of fused-ring (bicyclic) bond motifs is 1. The van der Waals surface area contributed by atoms with Gasteiger partial charge in [0.1, 0.15) is 18.4 Å². The van der Waals surface area contributed by atoms with Crippen LogP contribution in [0.25, 0.3) is 5.69 Å². The molecular weight excluding hydrogens is 622 g/mol. The molecule has 2 aromatic carbocycles. The van der Waals surface area contributed by atoms with E-state index in [-0.39, 0.29) is 37.9 Å². The van der Waals surface area contributed by atoms with Crippen molar-refractivity contribution >= 4 is 23.6 Å². The summed E-state index contributed by atoms with van der Waals surface area (Å²) in [4.78, 5) is 60.7. The fraction of sp³-hybridized carbons (Fsp3) is 0.417. The lowest BCUT2D eigenvalue weighted by Gasteiger charge is -2.31. The minimum absolute atomic E-state index is 0.0178. The number of aromatic nitrogens is 5. The average molecular weight is 668 g/mol. The molecule has 0 radical (unpaired) electrons. The van der Waals surface area contributed by atoms with Crippen LogP contribution in [-0.2, 0) is 38.6 Å². The van der Waals surface area contributed by atoms with Crippen LogP contribution in [0, 0.1) is 26.7 Å². The standard InChI is InChI=1S/C36H45N9O4/c1-22(2)31-19-43(34(48)18-29-23(3)41-45(25(29)5)28-15-11-8-12-16-28)20-32(46)39-30(17-27-13-9-7-10-14-27)35-38-26(6)42-44(35)21-33(47)37-24(4)36(49)40-31/h7-16,22,24,30-31H,17-21H2,1-6H3,(H,37,47)(H,39,46)(H,40,49)/t24-,30+,31-/m1/s1. The summed E-state index contributed by atoms with van der Waals surface area (Å²) < 4.78 is 3.27. The number of nitrogens with zero attached hydrogens (tertiary/aromatic N) is 6. The topological polar surface area (TPSA) is 156 Å². The van der Waals surface area contributed by atoms with E-state index in [0.717, 1.165) is 22.5 Å². The van der Waals surface area contributed by atoms with Crippen molar-refractivity contribution in [1.82, 2.24) is 45.4 Å². The third kappa shape index (κ3) is 8.59. The summed E-state index contributed by atoms with van der Waals surface area (Å²) >= 11 is 0. The number of amides is 4. The van der Waals surface area contributed by atoms with Gasteiger partial charge < -0.3 is 20.9 Å². The zero-order chi connectivity index (χ0) is 35.2. The number of carbonyl (C=O) groups excluding carboxylic acids is 4. The summed E-state index contributed by atoms with van der Waals surface area (Å²) in [5, 5.41) is 18.0. The van der Waals surface area contributed by atoms with Crippen LogP contribution in [0.15, 0.2) is 60.7 Å². The lowest BCUT2D eigenvalue weighted by molar-refractivity contribution is -0.136. The van der Waals surface area contributed by atoms with Crippen molar-refractivity contribution in [3.63, 3.8) is 0 Å². The molecule has 0 bridgehead atoms. The first-order valence-corrected chi connectivity index (χ1v) is 16.6. The van der Waals surface area contributed by atoms with Gasteiger partial charge in [-0.1, -0.05) is 62.4 Å². The third-order valence-electron chi connectivity index (χ3n) is 8.81. The number of hydrogen-bond acceptors (Lipinski definition) is 7. The van der Waals surface area contributed by atoms with Gasteiger partial charge in [-0.3, -0.25) is 19.2 Å². The average Bonchev–Trinajstić information content (AvgIpc) is 3.57. The molecule has 0 saturated carbocycles. The quantitative estimate of drug-likeness (QED) is 0.285. The van der Waals surface area contributed by atoms with Crippen molar-refractivity contribution in [3.8, 4) is 5.69 Å². The van der Waals surface area contributed by atoms with Gasteiger partial charge in [-0.25, -0.2) is 14.3 Å². The highest BCUT2D eigenvalue weighted by Gasteiger charge is 2.31. The molecule has 3 atom stereocenters. The number of hydrogen-bond donors (Lipinski definition) is 3. The molecule has 258 valence electrons. The maximum Gasteiger partial charge on any atom is 0.242 e.